The van der Waals surface area contributed by atoms with Crippen LogP contribution in [0.1, 0.15) is 22.3 Å². The molecule has 0 aliphatic heterocycles. The first-order chi connectivity index (χ1) is 17.0. The van der Waals surface area contributed by atoms with Gasteiger partial charge in [-0.2, -0.15) is 21.6 Å². The summed E-state index contributed by atoms with van der Waals surface area (Å²) >= 11 is 0. The van der Waals surface area contributed by atoms with Gasteiger partial charge in [0.25, 0.3) is 10.1 Å². The number of carbonyl (C=O) groups is 1. The number of ether oxygens (including phenoxy) is 2. The molecule has 0 heterocycles. The topological polar surface area (TPSA) is 78.9 Å². The number of benzene rings is 3. The van der Waals surface area contributed by atoms with E-state index >= 15 is 0 Å². The molecule has 0 N–H and O–H groups in total. The summed E-state index contributed by atoms with van der Waals surface area (Å²) in [4.78, 5) is 12.1. The average Bonchev–Trinajstić information content (AvgIpc) is 2.84. The number of rotatable bonds is 10. The first-order valence-electron chi connectivity index (χ1n) is 10.9. The second kappa shape index (κ2) is 11.6. The van der Waals surface area contributed by atoms with Crippen molar-refractivity contribution in [3.05, 3.63) is 95.1 Å². The Bertz CT molecular complexity index is 1250. The summed E-state index contributed by atoms with van der Waals surface area (Å²) in [6, 6.07) is 17.5. The van der Waals surface area contributed by atoms with E-state index in [-0.39, 0.29) is 17.9 Å². The van der Waals surface area contributed by atoms with Crippen molar-refractivity contribution >= 4 is 16.1 Å². The molecule has 3 aromatic carbocycles. The van der Waals surface area contributed by atoms with Gasteiger partial charge < -0.3 is 9.47 Å². The van der Waals surface area contributed by atoms with Crippen molar-refractivity contribution in [2.75, 3.05) is 13.7 Å². The van der Waals surface area contributed by atoms with E-state index in [9.17, 15) is 26.4 Å². The molecule has 0 amide bonds. The third-order valence-corrected chi connectivity index (χ3v) is 6.64. The van der Waals surface area contributed by atoms with E-state index in [2.05, 4.69) is 0 Å². The molecule has 0 aliphatic carbocycles. The van der Waals surface area contributed by atoms with Crippen molar-refractivity contribution in [3.8, 4) is 5.75 Å². The van der Waals surface area contributed by atoms with Crippen molar-refractivity contribution in [1.29, 1.82) is 0 Å². The summed E-state index contributed by atoms with van der Waals surface area (Å²) in [6.07, 6.45) is -5.40. The van der Waals surface area contributed by atoms with Crippen LogP contribution in [0.2, 0.25) is 0 Å². The van der Waals surface area contributed by atoms with E-state index in [1.807, 2.05) is 6.92 Å². The van der Waals surface area contributed by atoms with E-state index in [1.54, 1.807) is 36.4 Å². The molecule has 192 valence electrons. The summed E-state index contributed by atoms with van der Waals surface area (Å²) in [5.41, 5.74) is 1.48. The lowest BCUT2D eigenvalue weighted by molar-refractivity contribution is -0.148. The predicted molar refractivity (Wildman–Crippen MR) is 126 cm³/mol. The minimum atomic E-state index is -4.38. The maximum absolute atomic E-state index is 12.7. The summed E-state index contributed by atoms with van der Waals surface area (Å²) in [5, 5.41) is 0. The molecule has 0 spiro atoms. The second-order valence-electron chi connectivity index (χ2n) is 8.02. The van der Waals surface area contributed by atoms with E-state index in [4.69, 9.17) is 13.7 Å². The standard InChI is InChI=1S/C26H25F3O6S/c1-18-3-13-23(14-4-18)36(31,32)35-24(25(30)33-2)17-20-7-11-22(12-8-20)34-16-15-19-5-9-21(10-6-19)26(27,28)29/h3-14,24H,15-17H2,1-2H3. The number of esters is 1. The Morgan fingerprint density at radius 1 is 0.889 bits per heavy atom. The average molecular weight is 523 g/mol. The third kappa shape index (κ3) is 7.56. The number of hydrogen-bond acceptors (Lipinski definition) is 6. The zero-order valence-corrected chi connectivity index (χ0v) is 20.4. The van der Waals surface area contributed by atoms with E-state index in [0.717, 1.165) is 24.8 Å². The first kappa shape index (κ1) is 27.2. The highest BCUT2D eigenvalue weighted by molar-refractivity contribution is 7.86. The van der Waals surface area contributed by atoms with Gasteiger partial charge in [0, 0.05) is 12.8 Å². The van der Waals surface area contributed by atoms with Gasteiger partial charge in [-0.1, -0.05) is 42.0 Å². The molecule has 0 aliphatic rings. The summed E-state index contributed by atoms with van der Waals surface area (Å²) in [6.45, 7) is 2.06. The van der Waals surface area contributed by atoms with Crippen LogP contribution in [0.15, 0.2) is 77.7 Å². The summed E-state index contributed by atoms with van der Waals surface area (Å²) in [7, 11) is -3.05. The molecule has 6 nitrogen and oxygen atoms in total. The molecule has 36 heavy (non-hydrogen) atoms. The van der Waals surface area contributed by atoms with Crippen LogP contribution in [0.25, 0.3) is 0 Å². The van der Waals surface area contributed by atoms with Crippen LogP contribution in [0, 0.1) is 6.92 Å². The largest absolute Gasteiger partial charge is 0.493 e. The van der Waals surface area contributed by atoms with Crippen LogP contribution in [0.5, 0.6) is 5.75 Å². The number of carbonyl (C=O) groups excluding carboxylic acids is 1. The molecule has 3 rings (SSSR count). The number of halogens is 3. The highest BCUT2D eigenvalue weighted by Crippen LogP contribution is 2.29. The van der Waals surface area contributed by atoms with Gasteiger partial charge >= 0.3 is 12.1 Å². The van der Waals surface area contributed by atoms with Gasteiger partial charge in [0.1, 0.15) is 5.75 Å². The van der Waals surface area contributed by atoms with Crippen LogP contribution >= 0.6 is 0 Å². The van der Waals surface area contributed by atoms with E-state index in [0.29, 0.717) is 23.3 Å². The lowest BCUT2D eigenvalue weighted by atomic mass is 10.1. The minimum Gasteiger partial charge on any atom is -0.493 e. The van der Waals surface area contributed by atoms with Crippen LogP contribution in [-0.4, -0.2) is 34.2 Å². The van der Waals surface area contributed by atoms with Gasteiger partial charge in [-0.25, -0.2) is 4.79 Å². The Morgan fingerprint density at radius 2 is 1.47 bits per heavy atom. The molecule has 0 aromatic heterocycles. The Morgan fingerprint density at radius 3 is 2.03 bits per heavy atom. The van der Waals surface area contributed by atoms with Crippen LogP contribution in [0.4, 0.5) is 13.2 Å². The van der Waals surface area contributed by atoms with Crippen molar-refractivity contribution in [3.63, 3.8) is 0 Å². The Hall–Kier alpha value is -3.37. The SMILES string of the molecule is COC(=O)C(Cc1ccc(OCCc2ccc(C(F)(F)F)cc2)cc1)OS(=O)(=O)c1ccc(C)cc1. The van der Waals surface area contributed by atoms with E-state index in [1.165, 1.54) is 24.3 Å². The van der Waals surface area contributed by atoms with Crippen molar-refractivity contribution in [2.45, 2.75) is 36.9 Å². The van der Waals surface area contributed by atoms with Crippen molar-refractivity contribution < 1.29 is 40.0 Å². The molecular weight excluding hydrogens is 497 g/mol. The third-order valence-electron chi connectivity index (χ3n) is 5.30. The van der Waals surface area contributed by atoms with Gasteiger partial charge in [-0.15, -0.1) is 0 Å². The summed E-state index contributed by atoms with van der Waals surface area (Å²) < 4.78 is 78.7. The van der Waals surface area contributed by atoms with Crippen LogP contribution in [-0.2, 0) is 42.9 Å². The fourth-order valence-electron chi connectivity index (χ4n) is 3.28. The molecule has 0 saturated carbocycles. The van der Waals surface area contributed by atoms with Crippen LogP contribution < -0.4 is 4.74 Å². The molecule has 0 saturated heterocycles. The molecule has 1 atom stereocenters. The number of aryl methyl sites for hydroxylation is 1. The summed E-state index contributed by atoms with van der Waals surface area (Å²) in [5.74, 6) is -0.323. The van der Waals surface area contributed by atoms with Gasteiger partial charge in [-0.05, 0) is 54.4 Å². The van der Waals surface area contributed by atoms with Crippen molar-refractivity contribution in [2.24, 2.45) is 0 Å². The lowest BCUT2D eigenvalue weighted by Crippen LogP contribution is -2.30. The molecular formula is C26H25F3O6S. The maximum atomic E-state index is 12.7. The van der Waals surface area contributed by atoms with E-state index < -0.39 is 33.9 Å². The van der Waals surface area contributed by atoms with Gasteiger partial charge in [0.05, 0.1) is 24.2 Å². The van der Waals surface area contributed by atoms with Gasteiger partial charge in [0.15, 0.2) is 6.10 Å². The fraction of sp³-hybridized carbons (Fsp3) is 0.269. The van der Waals surface area contributed by atoms with Crippen molar-refractivity contribution in [1.82, 2.24) is 0 Å². The molecule has 3 aromatic rings. The quantitative estimate of drug-likeness (QED) is 0.272. The molecule has 0 fully saturated rings. The molecule has 0 radical (unpaired) electrons. The zero-order valence-electron chi connectivity index (χ0n) is 19.6. The molecule has 0 bridgehead atoms. The highest BCUT2D eigenvalue weighted by Gasteiger charge is 2.30. The zero-order chi connectivity index (χ0) is 26.3. The minimum absolute atomic E-state index is 0.0520. The maximum Gasteiger partial charge on any atom is 0.416 e. The Balaban J connectivity index is 1.58. The molecule has 1 unspecified atom stereocenters. The van der Waals surface area contributed by atoms with Gasteiger partial charge in [-0.3, -0.25) is 4.18 Å². The predicted octanol–water partition coefficient (Wildman–Crippen LogP) is 5.12. The monoisotopic (exact) mass is 522 g/mol. The number of hydrogen-bond donors (Lipinski definition) is 0. The van der Waals surface area contributed by atoms with Crippen LogP contribution in [0.3, 0.4) is 0 Å². The van der Waals surface area contributed by atoms with Gasteiger partial charge in [0.2, 0.25) is 0 Å². The molecule has 10 heteroatoms. The lowest BCUT2D eigenvalue weighted by Gasteiger charge is -2.16. The number of alkyl halides is 3. The highest BCUT2D eigenvalue weighted by atomic mass is 32.2. The normalized spacial score (nSPS) is 12.7. The Labute approximate surface area is 207 Å². The first-order valence-corrected chi connectivity index (χ1v) is 12.3. The second-order valence-corrected chi connectivity index (χ2v) is 9.59. The smallest absolute Gasteiger partial charge is 0.416 e. The Kier molecular flexibility index (Phi) is 8.75. The fourth-order valence-corrected chi connectivity index (χ4v) is 4.32. The number of methoxy groups -OCH3 is 1.